The number of H-pyrrole nitrogens is 1. The van der Waals surface area contributed by atoms with Crippen molar-refractivity contribution in [2.75, 3.05) is 5.73 Å². The number of fused-ring (bicyclic) bond motifs is 1. The molecule has 0 fully saturated rings. The predicted octanol–water partition coefficient (Wildman–Crippen LogP) is -0.803. The molecule has 0 aliphatic heterocycles. The van der Waals surface area contributed by atoms with E-state index in [4.69, 9.17) is 15.9 Å². The van der Waals surface area contributed by atoms with Gasteiger partial charge >= 0.3 is 0 Å². The Bertz CT molecular complexity index is 568. The molecule has 0 aliphatic carbocycles. The number of aromatic amines is 1. The second kappa shape index (κ2) is 2.59. The summed E-state index contributed by atoms with van der Waals surface area (Å²) in [6.07, 6.45) is 1.08. The summed E-state index contributed by atoms with van der Waals surface area (Å²) in [6.45, 7) is 0. The topological polar surface area (TPSA) is 128 Å². The summed E-state index contributed by atoms with van der Waals surface area (Å²) < 4.78 is 4.86. The number of furan rings is 1. The lowest BCUT2D eigenvalue weighted by Crippen LogP contribution is -2.16. The third kappa shape index (κ3) is 1.03. The van der Waals surface area contributed by atoms with Gasteiger partial charge < -0.3 is 15.9 Å². The van der Waals surface area contributed by atoms with Crippen LogP contribution in [0.1, 0.15) is 10.4 Å². The van der Waals surface area contributed by atoms with E-state index in [0.29, 0.717) is 0 Å². The largest absolute Gasteiger partial charge is 0.445 e. The predicted molar refractivity (Wildman–Crippen MR) is 47.6 cm³/mol. The van der Waals surface area contributed by atoms with Crippen LogP contribution in [0.5, 0.6) is 0 Å². The van der Waals surface area contributed by atoms with Crippen LogP contribution >= 0.6 is 0 Å². The minimum absolute atomic E-state index is 0.0000463. The first-order valence-electron chi connectivity index (χ1n) is 3.66. The van der Waals surface area contributed by atoms with Gasteiger partial charge in [-0.3, -0.25) is 14.6 Å². The van der Waals surface area contributed by atoms with Gasteiger partial charge in [0.25, 0.3) is 11.5 Å². The molecule has 0 bridgehead atoms. The van der Waals surface area contributed by atoms with E-state index in [-0.39, 0.29) is 22.6 Å². The fourth-order valence-electron chi connectivity index (χ4n) is 1.15. The molecule has 0 aromatic carbocycles. The number of anilines is 1. The number of nitrogen functional groups attached to an aromatic ring is 1. The molecule has 0 unspecified atom stereocenters. The molecule has 0 saturated carbocycles. The van der Waals surface area contributed by atoms with Crippen molar-refractivity contribution in [2.24, 2.45) is 5.73 Å². The normalized spacial score (nSPS) is 10.6. The summed E-state index contributed by atoms with van der Waals surface area (Å²) in [5.41, 5.74) is 9.74. The zero-order valence-corrected chi connectivity index (χ0v) is 6.90. The van der Waals surface area contributed by atoms with Gasteiger partial charge in [-0.25, -0.2) is 0 Å². The SMILES string of the molecule is NC(=O)c1coc2nc(N)[nH]c(=O)c12. The number of nitrogens with one attached hydrogen (secondary N) is 1. The average molecular weight is 194 g/mol. The fourth-order valence-corrected chi connectivity index (χ4v) is 1.15. The second-order valence-electron chi connectivity index (χ2n) is 2.64. The highest BCUT2D eigenvalue weighted by atomic mass is 16.3. The van der Waals surface area contributed by atoms with E-state index in [2.05, 4.69) is 9.97 Å². The van der Waals surface area contributed by atoms with Crippen molar-refractivity contribution in [1.82, 2.24) is 9.97 Å². The van der Waals surface area contributed by atoms with E-state index < -0.39 is 11.5 Å². The Hall–Kier alpha value is -2.31. The quantitative estimate of drug-likeness (QED) is 0.547. The summed E-state index contributed by atoms with van der Waals surface area (Å²) in [4.78, 5) is 28.1. The van der Waals surface area contributed by atoms with Crippen LogP contribution in [0.25, 0.3) is 11.1 Å². The zero-order chi connectivity index (χ0) is 10.3. The van der Waals surface area contributed by atoms with Gasteiger partial charge in [0.2, 0.25) is 11.7 Å². The Balaban J connectivity index is 2.93. The summed E-state index contributed by atoms with van der Waals surface area (Å²) in [5, 5.41) is 0.0201. The summed E-state index contributed by atoms with van der Waals surface area (Å²) in [7, 11) is 0. The highest BCUT2D eigenvalue weighted by Gasteiger charge is 2.15. The maximum Gasteiger partial charge on any atom is 0.264 e. The van der Waals surface area contributed by atoms with Crippen LogP contribution in [0.15, 0.2) is 15.5 Å². The monoisotopic (exact) mass is 194 g/mol. The molecular weight excluding hydrogens is 188 g/mol. The second-order valence-corrected chi connectivity index (χ2v) is 2.64. The molecule has 5 N–H and O–H groups in total. The number of carbonyl (C=O) groups is 1. The Morgan fingerprint density at radius 1 is 1.57 bits per heavy atom. The van der Waals surface area contributed by atoms with Gasteiger partial charge in [-0.1, -0.05) is 0 Å². The van der Waals surface area contributed by atoms with Crippen molar-refractivity contribution in [3.63, 3.8) is 0 Å². The zero-order valence-electron chi connectivity index (χ0n) is 6.90. The van der Waals surface area contributed by atoms with Crippen LogP contribution < -0.4 is 17.0 Å². The molecule has 2 rings (SSSR count). The molecule has 2 aromatic heterocycles. The van der Waals surface area contributed by atoms with Crippen LogP contribution in [-0.2, 0) is 0 Å². The van der Waals surface area contributed by atoms with Crippen molar-refractivity contribution in [3.05, 3.63) is 22.2 Å². The van der Waals surface area contributed by atoms with Gasteiger partial charge in [0.1, 0.15) is 11.6 Å². The Labute approximate surface area is 76.7 Å². The molecule has 7 nitrogen and oxygen atoms in total. The third-order valence-corrected chi connectivity index (χ3v) is 1.73. The van der Waals surface area contributed by atoms with Crippen molar-refractivity contribution in [2.45, 2.75) is 0 Å². The van der Waals surface area contributed by atoms with Crippen molar-refractivity contribution in [1.29, 1.82) is 0 Å². The van der Waals surface area contributed by atoms with Crippen LogP contribution in [0, 0.1) is 0 Å². The minimum Gasteiger partial charge on any atom is -0.445 e. The van der Waals surface area contributed by atoms with E-state index >= 15 is 0 Å². The molecule has 2 aromatic rings. The van der Waals surface area contributed by atoms with E-state index in [1.807, 2.05) is 0 Å². The number of nitrogens with zero attached hydrogens (tertiary/aromatic N) is 1. The van der Waals surface area contributed by atoms with Gasteiger partial charge in [0.15, 0.2) is 0 Å². The van der Waals surface area contributed by atoms with Crippen LogP contribution in [0.3, 0.4) is 0 Å². The van der Waals surface area contributed by atoms with Crippen LogP contribution in [0.2, 0.25) is 0 Å². The standard InChI is InChI=1S/C7H6N4O3/c8-4(12)2-1-14-6-3(2)5(13)10-7(9)11-6/h1H,(H2,8,12)(H3,9,10,11,13). The lowest BCUT2D eigenvalue weighted by molar-refractivity contribution is 0.100. The van der Waals surface area contributed by atoms with E-state index in [1.54, 1.807) is 0 Å². The molecule has 2 heterocycles. The van der Waals surface area contributed by atoms with Gasteiger partial charge in [0, 0.05) is 0 Å². The number of hydrogen-bond acceptors (Lipinski definition) is 5. The molecule has 0 atom stereocenters. The van der Waals surface area contributed by atoms with Gasteiger partial charge in [-0.05, 0) is 0 Å². The minimum atomic E-state index is -0.749. The highest BCUT2D eigenvalue weighted by molar-refractivity contribution is 6.04. The van der Waals surface area contributed by atoms with Crippen molar-refractivity contribution < 1.29 is 9.21 Å². The molecule has 0 spiro atoms. The van der Waals surface area contributed by atoms with Gasteiger partial charge in [-0.2, -0.15) is 4.98 Å². The highest BCUT2D eigenvalue weighted by Crippen LogP contribution is 2.14. The number of rotatable bonds is 1. The first-order valence-corrected chi connectivity index (χ1v) is 3.66. The van der Waals surface area contributed by atoms with Gasteiger partial charge in [0.05, 0.1) is 5.56 Å². The summed E-state index contributed by atoms with van der Waals surface area (Å²) in [6, 6.07) is 0. The molecule has 0 aliphatic rings. The smallest absolute Gasteiger partial charge is 0.264 e. The lowest BCUT2D eigenvalue weighted by Gasteiger charge is -1.91. The molecule has 0 radical (unpaired) electrons. The van der Waals surface area contributed by atoms with E-state index in [1.165, 1.54) is 0 Å². The average Bonchev–Trinajstić information content (AvgIpc) is 2.47. The molecule has 72 valence electrons. The molecular formula is C7H6N4O3. The number of primary amides is 1. The number of carbonyl (C=O) groups excluding carboxylic acids is 1. The number of hydrogen-bond donors (Lipinski definition) is 3. The maximum absolute atomic E-state index is 11.3. The number of nitrogens with two attached hydrogens (primary N) is 2. The number of amides is 1. The van der Waals surface area contributed by atoms with Crippen molar-refractivity contribution >= 4 is 23.0 Å². The van der Waals surface area contributed by atoms with Crippen LogP contribution in [-0.4, -0.2) is 15.9 Å². The summed E-state index contributed by atoms with van der Waals surface area (Å²) >= 11 is 0. The molecule has 7 heteroatoms. The molecule has 0 saturated heterocycles. The van der Waals surface area contributed by atoms with Crippen molar-refractivity contribution in [3.8, 4) is 0 Å². The number of aromatic nitrogens is 2. The molecule has 14 heavy (non-hydrogen) atoms. The summed E-state index contributed by atoms with van der Waals surface area (Å²) in [5.74, 6) is -0.825. The first kappa shape index (κ1) is 8.30. The Morgan fingerprint density at radius 3 is 2.93 bits per heavy atom. The first-order chi connectivity index (χ1) is 6.59. The van der Waals surface area contributed by atoms with Gasteiger partial charge in [-0.15, -0.1) is 0 Å². The Morgan fingerprint density at radius 2 is 2.29 bits per heavy atom. The Kier molecular flexibility index (Phi) is 1.53. The fraction of sp³-hybridized carbons (Fsp3) is 0. The van der Waals surface area contributed by atoms with E-state index in [0.717, 1.165) is 6.26 Å². The lowest BCUT2D eigenvalue weighted by atomic mass is 10.2. The third-order valence-electron chi connectivity index (χ3n) is 1.73. The van der Waals surface area contributed by atoms with Crippen LogP contribution in [0.4, 0.5) is 5.95 Å². The van der Waals surface area contributed by atoms with E-state index in [9.17, 15) is 9.59 Å². The maximum atomic E-state index is 11.3. The molecule has 1 amide bonds.